The predicted molar refractivity (Wildman–Crippen MR) is 92.8 cm³/mol. The van der Waals surface area contributed by atoms with Crippen LogP contribution in [0.5, 0.6) is 0 Å². The maximum absolute atomic E-state index is 13.9. The van der Waals surface area contributed by atoms with Crippen LogP contribution in [0.2, 0.25) is 0 Å². The van der Waals surface area contributed by atoms with E-state index in [0.29, 0.717) is 11.1 Å². The lowest BCUT2D eigenvalue weighted by Gasteiger charge is -2.08. The first-order valence-electron chi connectivity index (χ1n) is 7.50. The first-order valence-corrected chi connectivity index (χ1v) is 9.39. The fourth-order valence-corrected chi connectivity index (χ4v) is 3.17. The highest BCUT2D eigenvalue weighted by Gasteiger charge is 2.15. The number of benzene rings is 2. The number of fused-ring (bicyclic) bond motifs is 1. The Labute approximate surface area is 144 Å². The molecule has 1 heterocycles. The smallest absolute Gasteiger partial charge is 0.229 e. The molecule has 1 aromatic heterocycles. The molecule has 3 aromatic rings. The third-order valence-corrected chi connectivity index (χ3v) is 4.91. The van der Waals surface area contributed by atoms with E-state index in [1.54, 1.807) is 0 Å². The molecule has 0 radical (unpaired) electrons. The Bertz CT molecular complexity index is 1070. The monoisotopic (exact) mass is 361 g/mol. The lowest BCUT2D eigenvalue weighted by Crippen LogP contribution is -2.15. The quantitative estimate of drug-likeness (QED) is 0.722. The summed E-state index contributed by atoms with van der Waals surface area (Å²) in [5, 5.41) is 3.23. The summed E-state index contributed by atoms with van der Waals surface area (Å²) in [4.78, 5) is 12.2. The fraction of sp³-hybridized carbons (Fsp3) is 0.167. The van der Waals surface area contributed by atoms with Crippen molar-refractivity contribution in [2.75, 3.05) is 11.6 Å². The van der Waals surface area contributed by atoms with Crippen molar-refractivity contribution < 1.29 is 22.0 Å². The topological polar surface area (TPSA) is 76.4 Å². The van der Waals surface area contributed by atoms with Crippen molar-refractivity contribution in [3.8, 4) is 0 Å². The summed E-state index contributed by atoms with van der Waals surface area (Å²) in [6.07, 6.45) is 2.50. The molecule has 0 atom stereocenters. The molecule has 5 nitrogen and oxygen atoms in total. The number of hydrogen-bond acceptors (Lipinski definition) is 4. The third-order valence-electron chi connectivity index (χ3n) is 3.80. The van der Waals surface area contributed by atoms with Crippen LogP contribution in [-0.4, -0.2) is 20.6 Å². The minimum Gasteiger partial charge on any atom is -0.464 e. The van der Waals surface area contributed by atoms with Gasteiger partial charge in [0.1, 0.15) is 11.4 Å². The first-order chi connectivity index (χ1) is 11.7. The second-order valence-electron chi connectivity index (χ2n) is 5.90. The second-order valence-corrected chi connectivity index (χ2v) is 7.92. The molecule has 0 bridgehead atoms. The summed E-state index contributed by atoms with van der Waals surface area (Å²) in [7, 11) is -3.49. The zero-order chi connectivity index (χ0) is 18.2. The molecular weight excluding hydrogens is 345 g/mol. The van der Waals surface area contributed by atoms with Crippen molar-refractivity contribution in [2.24, 2.45) is 0 Å². The van der Waals surface area contributed by atoms with E-state index in [0.717, 1.165) is 35.4 Å². The van der Waals surface area contributed by atoms with E-state index >= 15 is 0 Å². The molecule has 0 aliphatic rings. The first kappa shape index (κ1) is 17.2. The van der Waals surface area contributed by atoms with Gasteiger partial charge >= 0.3 is 0 Å². The average molecular weight is 361 g/mol. The summed E-state index contributed by atoms with van der Waals surface area (Å²) >= 11 is 0. The molecule has 2 aromatic carbocycles. The standard InChI is InChI=1S/C18H16FNO4S/c1-11-3-5-14-12(10-24-17(14)7-11)8-18(21)20-16-9-13(25(2,22)23)4-6-15(16)19/h3-7,9-10H,8H2,1-2H3,(H,20,21). The predicted octanol–water partition coefficient (Wildman–Crippen LogP) is 3.47. The largest absolute Gasteiger partial charge is 0.464 e. The van der Waals surface area contributed by atoms with Gasteiger partial charge in [-0.25, -0.2) is 12.8 Å². The van der Waals surface area contributed by atoms with E-state index in [1.165, 1.54) is 6.26 Å². The summed E-state index contributed by atoms with van der Waals surface area (Å²) in [6, 6.07) is 8.93. The summed E-state index contributed by atoms with van der Waals surface area (Å²) in [5.74, 6) is -1.17. The molecule has 25 heavy (non-hydrogen) atoms. The summed E-state index contributed by atoms with van der Waals surface area (Å²) in [5.41, 5.74) is 2.22. The van der Waals surface area contributed by atoms with E-state index in [4.69, 9.17) is 4.42 Å². The van der Waals surface area contributed by atoms with E-state index in [2.05, 4.69) is 5.32 Å². The molecule has 0 saturated heterocycles. The molecule has 1 N–H and O–H groups in total. The van der Waals surface area contributed by atoms with E-state index in [1.807, 2.05) is 25.1 Å². The van der Waals surface area contributed by atoms with Gasteiger partial charge in [0.2, 0.25) is 5.91 Å². The number of hydrogen-bond donors (Lipinski definition) is 1. The van der Waals surface area contributed by atoms with Crippen LogP contribution in [-0.2, 0) is 21.1 Å². The Kier molecular flexibility index (Phi) is 4.34. The highest BCUT2D eigenvalue weighted by molar-refractivity contribution is 7.90. The zero-order valence-electron chi connectivity index (χ0n) is 13.7. The van der Waals surface area contributed by atoms with Crippen LogP contribution in [0.25, 0.3) is 11.0 Å². The molecule has 7 heteroatoms. The number of halogens is 1. The Morgan fingerprint density at radius 3 is 2.68 bits per heavy atom. The highest BCUT2D eigenvalue weighted by atomic mass is 32.2. The third kappa shape index (κ3) is 3.71. The maximum Gasteiger partial charge on any atom is 0.229 e. The molecule has 3 rings (SSSR count). The van der Waals surface area contributed by atoms with Gasteiger partial charge in [0.05, 0.1) is 23.3 Å². The molecule has 130 valence electrons. The Morgan fingerprint density at radius 2 is 1.96 bits per heavy atom. The van der Waals surface area contributed by atoms with Gasteiger partial charge in [-0.3, -0.25) is 4.79 Å². The van der Waals surface area contributed by atoms with Crippen molar-refractivity contribution in [2.45, 2.75) is 18.2 Å². The number of amides is 1. The van der Waals surface area contributed by atoms with Gasteiger partial charge in [0.15, 0.2) is 9.84 Å². The minimum atomic E-state index is -3.49. The Morgan fingerprint density at radius 1 is 1.20 bits per heavy atom. The van der Waals surface area contributed by atoms with Gasteiger partial charge in [-0.1, -0.05) is 12.1 Å². The lowest BCUT2D eigenvalue weighted by molar-refractivity contribution is -0.115. The maximum atomic E-state index is 13.9. The van der Waals surface area contributed by atoms with Crippen molar-refractivity contribution >= 4 is 32.4 Å². The van der Waals surface area contributed by atoms with Crippen molar-refractivity contribution in [1.82, 2.24) is 0 Å². The number of nitrogens with one attached hydrogen (secondary N) is 1. The second kappa shape index (κ2) is 6.33. The van der Waals surface area contributed by atoms with Gasteiger partial charge in [0.25, 0.3) is 0 Å². The lowest BCUT2D eigenvalue weighted by atomic mass is 10.1. The molecule has 0 spiro atoms. The van der Waals surface area contributed by atoms with Crippen molar-refractivity contribution in [3.05, 3.63) is 59.6 Å². The van der Waals surface area contributed by atoms with Crippen LogP contribution in [0.4, 0.5) is 10.1 Å². The van der Waals surface area contributed by atoms with Gasteiger partial charge in [-0.05, 0) is 36.8 Å². The van der Waals surface area contributed by atoms with Gasteiger partial charge in [0, 0.05) is 17.2 Å². The summed E-state index contributed by atoms with van der Waals surface area (Å²) in [6.45, 7) is 1.94. The number of anilines is 1. The van der Waals surface area contributed by atoms with Crippen LogP contribution < -0.4 is 5.32 Å². The summed E-state index contributed by atoms with van der Waals surface area (Å²) < 4.78 is 42.4. The van der Waals surface area contributed by atoms with Crippen LogP contribution >= 0.6 is 0 Å². The van der Waals surface area contributed by atoms with E-state index < -0.39 is 21.6 Å². The molecule has 0 aliphatic heterocycles. The minimum absolute atomic E-state index is 0.0153. The Hall–Kier alpha value is -2.67. The van der Waals surface area contributed by atoms with Gasteiger partial charge in [-0.15, -0.1) is 0 Å². The Balaban J connectivity index is 1.83. The SMILES string of the molecule is Cc1ccc2c(CC(=O)Nc3cc(S(C)(=O)=O)ccc3F)coc2c1. The number of rotatable bonds is 4. The number of furan rings is 1. The normalized spacial score (nSPS) is 11.6. The number of sulfone groups is 1. The fourth-order valence-electron chi connectivity index (χ4n) is 2.53. The molecule has 0 fully saturated rings. The number of aryl methyl sites for hydroxylation is 1. The van der Waals surface area contributed by atoms with Gasteiger partial charge < -0.3 is 9.73 Å². The van der Waals surface area contributed by atoms with E-state index in [9.17, 15) is 17.6 Å². The zero-order valence-corrected chi connectivity index (χ0v) is 14.5. The number of carbonyl (C=O) groups is 1. The van der Waals surface area contributed by atoms with Crippen molar-refractivity contribution in [1.29, 1.82) is 0 Å². The molecular formula is C18H16FNO4S. The van der Waals surface area contributed by atoms with Crippen LogP contribution in [0.15, 0.2) is 52.0 Å². The molecule has 0 unspecified atom stereocenters. The number of carbonyl (C=O) groups excluding carboxylic acids is 1. The molecule has 1 amide bonds. The molecule has 0 aliphatic carbocycles. The molecule has 0 saturated carbocycles. The van der Waals surface area contributed by atoms with E-state index in [-0.39, 0.29) is 17.0 Å². The van der Waals surface area contributed by atoms with Crippen LogP contribution in [0, 0.1) is 12.7 Å². The highest BCUT2D eigenvalue weighted by Crippen LogP contribution is 2.24. The average Bonchev–Trinajstić information content (AvgIpc) is 2.90. The van der Waals surface area contributed by atoms with Crippen LogP contribution in [0.1, 0.15) is 11.1 Å². The van der Waals surface area contributed by atoms with Gasteiger partial charge in [-0.2, -0.15) is 0 Å². The van der Waals surface area contributed by atoms with Crippen LogP contribution in [0.3, 0.4) is 0 Å². The van der Waals surface area contributed by atoms with Crippen molar-refractivity contribution in [3.63, 3.8) is 0 Å².